The maximum atomic E-state index is 10.2. The highest BCUT2D eigenvalue weighted by molar-refractivity contribution is 5.60. The Morgan fingerprint density at radius 2 is 1.60 bits per heavy atom. The number of phenols is 1. The SMILES string of the molecule is Oc1cccc(N(CC2CO2)CC2CO2)c1CC1CO1. The highest BCUT2D eigenvalue weighted by atomic mass is 16.6. The number of epoxide rings is 3. The first-order valence-electron chi connectivity index (χ1n) is 7.20. The van der Waals surface area contributed by atoms with E-state index in [1.54, 1.807) is 6.07 Å². The molecule has 3 aliphatic heterocycles. The van der Waals surface area contributed by atoms with Crippen LogP contribution in [0.25, 0.3) is 0 Å². The maximum absolute atomic E-state index is 10.2. The lowest BCUT2D eigenvalue weighted by molar-refractivity contribution is 0.387. The molecule has 0 saturated carbocycles. The van der Waals surface area contributed by atoms with E-state index in [0.29, 0.717) is 18.0 Å². The van der Waals surface area contributed by atoms with Crippen LogP contribution < -0.4 is 4.90 Å². The Morgan fingerprint density at radius 1 is 1.00 bits per heavy atom. The van der Waals surface area contributed by atoms with Crippen LogP contribution in [0.5, 0.6) is 5.75 Å². The van der Waals surface area contributed by atoms with Gasteiger partial charge < -0.3 is 24.2 Å². The molecular formula is C15H19NO4. The summed E-state index contributed by atoms with van der Waals surface area (Å²) < 4.78 is 16.0. The molecule has 108 valence electrons. The average Bonchev–Trinajstić information content (AvgIpc) is 3.25. The summed E-state index contributed by atoms with van der Waals surface area (Å²) in [6.45, 7) is 4.19. The minimum atomic E-state index is 0.262. The number of hydrogen-bond donors (Lipinski definition) is 1. The largest absolute Gasteiger partial charge is 0.508 e. The van der Waals surface area contributed by atoms with Gasteiger partial charge in [0, 0.05) is 30.8 Å². The van der Waals surface area contributed by atoms with Crippen molar-refractivity contribution >= 4 is 5.69 Å². The Kier molecular flexibility index (Phi) is 3.06. The molecule has 5 heteroatoms. The summed E-state index contributed by atoms with van der Waals surface area (Å²) in [5, 5.41) is 10.2. The molecular weight excluding hydrogens is 258 g/mol. The van der Waals surface area contributed by atoms with Gasteiger partial charge in [0.2, 0.25) is 0 Å². The number of hydrogen-bond acceptors (Lipinski definition) is 5. The first-order chi connectivity index (χ1) is 9.79. The second-order valence-corrected chi connectivity index (χ2v) is 5.75. The zero-order valence-corrected chi connectivity index (χ0v) is 11.3. The molecule has 5 nitrogen and oxygen atoms in total. The van der Waals surface area contributed by atoms with Gasteiger partial charge in [-0.05, 0) is 12.1 Å². The molecule has 4 rings (SSSR count). The van der Waals surface area contributed by atoms with Gasteiger partial charge in [-0.3, -0.25) is 0 Å². The van der Waals surface area contributed by atoms with Crippen molar-refractivity contribution in [1.82, 2.24) is 0 Å². The predicted octanol–water partition coefficient (Wildman–Crippen LogP) is 0.937. The van der Waals surface area contributed by atoms with Crippen LogP contribution >= 0.6 is 0 Å². The Balaban J connectivity index is 1.59. The fourth-order valence-corrected chi connectivity index (χ4v) is 2.59. The Labute approximate surface area is 118 Å². The monoisotopic (exact) mass is 277 g/mol. The predicted molar refractivity (Wildman–Crippen MR) is 73.2 cm³/mol. The minimum Gasteiger partial charge on any atom is -0.508 e. The van der Waals surface area contributed by atoms with E-state index in [1.807, 2.05) is 6.07 Å². The molecule has 3 aliphatic rings. The zero-order valence-electron chi connectivity index (χ0n) is 11.3. The number of aromatic hydroxyl groups is 1. The van der Waals surface area contributed by atoms with Gasteiger partial charge in [-0.1, -0.05) is 6.07 Å². The smallest absolute Gasteiger partial charge is 0.120 e. The maximum Gasteiger partial charge on any atom is 0.120 e. The molecule has 20 heavy (non-hydrogen) atoms. The molecule has 0 bridgehead atoms. The molecule has 3 unspecified atom stereocenters. The fraction of sp³-hybridized carbons (Fsp3) is 0.600. The lowest BCUT2D eigenvalue weighted by atomic mass is 10.0. The van der Waals surface area contributed by atoms with Gasteiger partial charge in [0.1, 0.15) is 5.75 Å². The van der Waals surface area contributed by atoms with Gasteiger partial charge in [-0.2, -0.15) is 0 Å². The van der Waals surface area contributed by atoms with Crippen LogP contribution in [-0.4, -0.2) is 56.3 Å². The summed E-state index contributed by atoms with van der Waals surface area (Å²) in [6.07, 6.45) is 1.68. The van der Waals surface area contributed by atoms with Gasteiger partial charge in [0.05, 0.1) is 38.1 Å². The standard InChI is InChI=1S/C15H19NO4/c17-15-3-1-2-14(13(15)4-10-7-18-10)16(5-11-8-19-11)6-12-9-20-12/h1-3,10-12,17H,4-9H2. The molecule has 3 fully saturated rings. The number of anilines is 1. The highest BCUT2D eigenvalue weighted by Crippen LogP contribution is 2.34. The third-order valence-corrected chi connectivity index (χ3v) is 3.95. The van der Waals surface area contributed by atoms with E-state index in [2.05, 4.69) is 11.0 Å². The van der Waals surface area contributed by atoms with E-state index in [4.69, 9.17) is 14.2 Å². The highest BCUT2D eigenvalue weighted by Gasteiger charge is 2.33. The van der Waals surface area contributed by atoms with Gasteiger partial charge in [0.25, 0.3) is 0 Å². The zero-order chi connectivity index (χ0) is 13.5. The molecule has 1 N–H and O–H groups in total. The van der Waals surface area contributed by atoms with E-state index in [-0.39, 0.29) is 6.10 Å². The van der Waals surface area contributed by atoms with E-state index in [1.165, 1.54) is 0 Å². The summed E-state index contributed by atoms with van der Waals surface area (Å²) in [4.78, 5) is 2.28. The number of ether oxygens (including phenoxy) is 3. The molecule has 0 aliphatic carbocycles. The lowest BCUT2D eigenvalue weighted by Gasteiger charge is -2.26. The van der Waals surface area contributed by atoms with E-state index in [0.717, 1.165) is 50.6 Å². The Bertz CT molecular complexity index is 481. The summed E-state index contributed by atoms with van der Waals surface area (Å²) in [5.41, 5.74) is 2.07. The third kappa shape index (κ3) is 2.90. The third-order valence-electron chi connectivity index (χ3n) is 3.95. The van der Waals surface area contributed by atoms with Gasteiger partial charge >= 0.3 is 0 Å². The van der Waals surface area contributed by atoms with Crippen LogP contribution in [0.1, 0.15) is 5.56 Å². The van der Waals surface area contributed by atoms with Crippen molar-refractivity contribution in [2.75, 3.05) is 37.8 Å². The van der Waals surface area contributed by atoms with Crippen molar-refractivity contribution in [2.45, 2.75) is 24.7 Å². The normalized spacial score (nSPS) is 30.1. The summed E-state index contributed by atoms with van der Waals surface area (Å²) in [5.74, 6) is 0.358. The molecule has 0 spiro atoms. The number of phenolic OH excluding ortho intramolecular Hbond substituents is 1. The van der Waals surface area contributed by atoms with Crippen LogP contribution in [0.4, 0.5) is 5.69 Å². The molecule has 1 aromatic rings. The molecule has 0 amide bonds. The van der Waals surface area contributed by atoms with Crippen LogP contribution in [0.3, 0.4) is 0 Å². The minimum absolute atomic E-state index is 0.262. The van der Waals surface area contributed by atoms with E-state index < -0.39 is 0 Å². The lowest BCUT2D eigenvalue weighted by Crippen LogP contribution is -2.32. The van der Waals surface area contributed by atoms with Crippen molar-refractivity contribution in [2.24, 2.45) is 0 Å². The van der Waals surface area contributed by atoms with Crippen molar-refractivity contribution in [1.29, 1.82) is 0 Å². The summed E-state index contributed by atoms with van der Waals surface area (Å²) in [6, 6.07) is 5.72. The van der Waals surface area contributed by atoms with Gasteiger partial charge in [-0.25, -0.2) is 0 Å². The Morgan fingerprint density at radius 3 is 2.15 bits per heavy atom. The molecule has 0 aromatic heterocycles. The number of benzene rings is 1. The second-order valence-electron chi connectivity index (χ2n) is 5.75. The average molecular weight is 277 g/mol. The molecule has 1 aromatic carbocycles. The Hall–Kier alpha value is -1.30. The fourth-order valence-electron chi connectivity index (χ4n) is 2.59. The molecule has 0 radical (unpaired) electrons. The van der Waals surface area contributed by atoms with Crippen molar-refractivity contribution in [3.63, 3.8) is 0 Å². The van der Waals surface area contributed by atoms with Crippen LogP contribution in [0, 0.1) is 0 Å². The van der Waals surface area contributed by atoms with Gasteiger partial charge in [0.15, 0.2) is 0 Å². The van der Waals surface area contributed by atoms with Crippen molar-refractivity contribution in [3.8, 4) is 5.75 Å². The molecule has 3 heterocycles. The van der Waals surface area contributed by atoms with Crippen molar-refractivity contribution in [3.05, 3.63) is 23.8 Å². The molecule has 3 saturated heterocycles. The van der Waals surface area contributed by atoms with Gasteiger partial charge in [-0.15, -0.1) is 0 Å². The van der Waals surface area contributed by atoms with Crippen LogP contribution in [-0.2, 0) is 20.6 Å². The van der Waals surface area contributed by atoms with Crippen LogP contribution in [0.2, 0.25) is 0 Å². The second kappa shape index (κ2) is 4.91. The molecule has 3 atom stereocenters. The summed E-state index contributed by atoms with van der Waals surface area (Å²) in [7, 11) is 0. The topological polar surface area (TPSA) is 61.1 Å². The first kappa shape index (κ1) is 12.4. The number of rotatable bonds is 7. The quantitative estimate of drug-likeness (QED) is 0.752. The van der Waals surface area contributed by atoms with Crippen LogP contribution in [0.15, 0.2) is 18.2 Å². The first-order valence-corrected chi connectivity index (χ1v) is 7.20. The number of nitrogens with zero attached hydrogens (tertiary/aromatic N) is 1. The van der Waals surface area contributed by atoms with E-state index in [9.17, 15) is 5.11 Å². The summed E-state index contributed by atoms with van der Waals surface area (Å²) >= 11 is 0. The van der Waals surface area contributed by atoms with E-state index >= 15 is 0 Å². The van der Waals surface area contributed by atoms with Crippen molar-refractivity contribution < 1.29 is 19.3 Å².